The summed E-state index contributed by atoms with van der Waals surface area (Å²) >= 11 is 0. The third kappa shape index (κ3) is 4.58. The minimum Gasteiger partial charge on any atom is -0.377 e. The zero-order chi connectivity index (χ0) is 12.6. The zero-order valence-corrected chi connectivity index (χ0v) is 11.5. The second-order valence-corrected chi connectivity index (χ2v) is 6.43. The standard InChI is InChI=1S/C9H22N2O4Si/c1-9(12)11(6-5-10)7-8-16(13-2,14-3)15-4/h5-8,10H2,1-4H3. The molecule has 0 spiro atoms. The van der Waals surface area contributed by atoms with E-state index in [4.69, 9.17) is 19.0 Å². The molecular formula is C9H22N2O4Si. The third-order valence-corrected chi connectivity index (χ3v) is 5.17. The van der Waals surface area contributed by atoms with Crippen molar-refractivity contribution < 1.29 is 18.1 Å². The molecule has 0 aliphatic carbocycles. The Bertz CT molecular complexity index is 203. The van der Waals surface area contributed by atoms with E-state index in [9.17, 15) is 4.79 Å². The molecule has 16 heavy (non-hydrogen) atoms. The minimum absolute atomic E-state index is 0.00309. The number of nitrogens with zero attached hydrogens (tertiary/aromatic N) is 1. The first-order valence-electron chi connectivity index (χ1n) is 5.16. The Morgan fingerprint density at radius 1 is 1.19 bits per heavy atom. The van der Waals surface area contributed by atoms with Gasteiger partial charge in [0.2, 0.25) is 5.91 Å². The molecule has 0 radical (unpaired) electrons. The molecule has 0 saturated carbocycles. The molecule has 0 bridgehead atoms. The van der Waals surface area contributed by atoms with Gasteiger partial charge in [-0.1, -0.05) is 0 Å². The molecular weight excluding hydrogens is 228 g/mol. The molecule has 0 fully saturated rings. The number of nitrogens with two attached hydrogens (primary N) is 1. The van der Waals surface area contributed by atoms with E-state index in [0.29, 0.717) is 25.7 Å². The Morgan fingerprint density at radius 2 is 1.69 bits per heavy atom. The SMILES string of the molecule is CO[Si](CCN(CCN)C(C)=O)(OC)OC. The van der Waals surface area contributed by atoms with Gasteiger partial charge in [-0.25, -0.2) is 0 Å². The quantitative estimate of drug-likeness (QED) is 0.597. The van der Waals surface area contributed by atoms with Crippen LogP contribution < -0.4 is 5.73 Å². The van der Waals surface area contributed by atoms with Gasteiger partial charge in [-0.15, -0.1) is 0 Å². The summed E-state index contributed by atoms with van der Waals surface area (Å²) in [7, 11) is 2.08. The van der Waals surface area contributed by atoms with Crippen LogP contribution in [0.4, 0.5) is 0 Å². The Morgan fingerprint density at radius 3 is 2.00 bits per heavy atom. The van der Waals surface area contributed by atoms with Gasteiger partial charge in [-0.05, 0) is 0 Å². The minimum atomic E-state index is -2.59. The summed E-state index contributed by atoms with van der Waals surface area (Å²) in [5, 5.41) is 0. The van der Waals surface area contributed by atoms with Crippen LogP contribution in [-0.4, -0.2) is 60.6 Å². The summed E-state index contributed by atoms with van der Waals surface area (Å²) < 4.78 is 15.8. The Labute approximate surface area is 98.0 Å². The monoisotopic (exact) mass is 250 g/mol. The lowest BCUT2D eigenvalue weighted by Gasteiger charge is -2.27. The van der Waals surface area contributed by atoms with Crippen molar-refractivity contribution in [2.75, 3.05) is 41.0 Å². The van der Waals surface area contributed by atoms with Crippen LogP contribution in [0.2, 0.25) is 6.04 Å². The van der Waals surface area contributed by atoms with Gasteiger partial charge >= 0.3 is 8.80 Å². The van der Waals surface area contributed by atoms with Crippen LogP contribution in [0.1, 0.15) is 6.92 Å². The van der Waals surface area contributed by atoms with Crippen molar-refractivity contribution in [3.05, 3.63) is 0 Å². The smallest absolute Gasteiger partial charge is 0.377 e. The molecule has 1 amide bonds. The molecule has 0 aromatic rings. The fourth-order valence-electron chi connectivity index (χ4n) is 1.41. The van der Waals surface area contributed by atoms with Crippen molar-refractivity contribution in [3.63, 3.8) is 0 Å². The zero-order valence-electron chi connectivity index (χ0n) is 10.5. The Hall–Kier alpha value is -0.473. The van der Waals surface area contributed by atoms with Gasteiger partial charge in [0.1, 0.15) is 0 Å². The van der Waals surface area contributed by atoms with E-state index in [-0.39, 0.29) is 5.91 Å². The molecule has 0 rings (SSSR count). The summed E-state index contributed by atoms with van der Waals surface area (Å²) in [5.41, 5.74) is 5.43. The number of carbonyl (C=O) groups excluding carboxylic acids is 1. The lowest BCUT2D eigenvalue weighted by molar-refractivity contribution is -0.128. The summed E-state index contributed by atoms with van der Waals surface area (Å²) in [6.07, 6.45) is 0. The maximum absolute atomic E-state index is 11.3. The van der Waals surface area contributed by atoms with Gasteiger partial charge in [0.25, 0.3) is 0 Å². The van der Waals surface area contributed by atoms with Gasteiger partial charge in [0.05, 0.1) is 0 Å². The van der Waals surface area contributed by atoms with Gasteiger partial charge in [0, 0.05) is 53.9 Å². The first-order chi connectivity index (χ1) is 7.55. The molecule has 0 atom stereocenters. The number of hydrogen-bond donors (Lipinski definition) is 1. The van der Waals surface area contributed by atoms with E-state index in [1.165, 1.54) is 6.92 Å². The Balaban J connectivity index is 4.30. The molecule has 0 aliphatic rings. The average molecular weight is 250 g/mol. The van der Waals surface area contributed by atoms with Crippen LogP contribution in [0, 0.1) is 0 Å². The van der Waals surface area contributed by atoms with Gasteiger partial charge in [-0.2, -0.15) is 0 Å². The molecule has 0 saturated heterocycles. The van der Waals surface area contributed by atoms with E-state index < -0.39 is 8.80 Å². The summed E-state index contributed by atoms with van der Waals surface area (Å²) in [6.45, 7) is 3.04. The van der Waals surface area contributed by atoms with Crippen LogP contribution in [-0.2, 0) is 18.1 Å². The number of hydrogen-bond acceptors (Lipinski definition) is 5. The normalized spacial score (nSPS) is 11.6. The lowest BCUT2D eigenvalue weighted by atomic mass is 10.4. The predicted octanol–water partition coefficient (Wildman–Crippen LogP) is -0.328. The highest BCUT2D eigenvalue weighted by Gasteiger charge is 2.38. The number of carbonyl (C=O) groups is 1. The van der Waals surface area contributed by atoms with E-state index in [2.05, 4.69) is 0 Å². The highest BCUT2D eigenvalue weighted by molar-refractivity contribution is 6.60. The maximum Gasteiger partial charge on any atom is 0.501 e. The highest BCUT2D eigenvalue weighted by Crippen LogP contribution is 2.13. The topological polar surface area (TPSA) is 74.0 Å². The van der Waals surface area contributed by atoms with Crippen LogP contribution in [0.5, 0.6) is 0 Å². The fourth-order valence-corrected chi connectivity index (χ4v) is 3.07. The molecule has 0 aliphatic heterocycles. The first kappa shape index (κ1) is 15.5. The van der Waals surface area contributed by atoms with Gasteiger partial charge in [0.15, 0.2) is 0 Å². The van der Waals surface area contributed by atoms with Crippen molar-refractivity contribution in [1.29, 1.82) is 0 Å². The van der Waals surface area contributed by atoms with Crippen molar-refractivity contribution in [2.45, 2.75) is 13.0 Å². The van der Waals surface area contributed by atoms with E-state index in [0.717, 1.165) is 0 Å². The van der Waals surface area contributed by atoms with Crippen molar-refractivity contribution in [1.82, 2.24) is 4.90 Å². The van der Waals surface area contributed by atoms with Gasteiger partial charge < -0.3 is 23.9 Å². The molecule has 6 nitrogen and oxygen atoms in total. The maximum atomic E-state index is 11.3. The largest absolute Gasteiger partial charge is 0.501 e. The Kier molecular flexibility index (Phi) is 7.51. The first-order valence-corrected chi connectivity index (χ1v) is 7.09. The number of rotatable bonds is 8. The van der Waals surface area contributed by atoms with Gasteiger partial charge in [-0.3, -0.25) is 4.79 Å². The van der Waals surface area contributed by atoms with E-state index in [1.807, 2.05) is 0 Å². The van der Waals surface area contributed by atoms with E-state index >= 15 is 0 Å². The van der Waals surface area contributed by atoms with Crippen molar-refractivity contribution in [3.8, 4) is 0 Å². The van der Waals surface area contributed by atoms with Crippen LogP contribution in [0.25, 0.3) is 0 Å². The molecule has 0 aromatic heterocycles. The fraction of sp³-hybridized carbons (Fsp3) is 0.889. The molecule has 0 aromatic carbocycles. The van der Waals surface area contributed by atoms with Crippen molar-refractivity contribution >= 4 is 14.7 Å². The molecule has 7 heteroatoms. The molecule has 2 N–H and O–H groups in total. The van der Waals surface area contributed by atoms with E-state index in [1.54, 1.807) is 26.2 Å². The second-order valence-electron chi connectivity index (χ2n) is 3.34. The van der Waals surface area contributed by atoms with Crippen LogP contribution in [0.3, 0.4) is 0 Å². The van der Waals surface area contributed by atoms with Crippen LogP contribution >= 0.6 is 0 Å². The van der Waals surface area contributed by atoms with Crippen molar-refractivity contribution in [2.24, 2.45) is 5.73 Å². The summed E-state index contributed by atoms with van der Waals surface area (Å²) in [5.74, 6) is -0.00309. The average Bonchev–Trinajstić information content (AvgIpc) is 2.29. The predicted molar refractivity (Wildman–Crippen MR) is 62.9 cm³/mol. The summed E-state index contributed by atoms with van der Waals surface area (Å²) in [4.78, 5) is 12.9. The third-order valence-electron chi connectivity index (χ3n) is 2.47. The van der Waals surface area contributed by atoms with Crippen LogP contribution in [0.15, 0.2) is 0 Å². The molecule has 0 heterocycles. The lowest BCUT2D eigenvalue weighted by Crippen LogP contribution is -2.46. The summed E-state index contributed by atoms with van der Waals surface area (Å²) in [6, 6.07) is 0.566. The molecule has 96 valence electrons. The number of amides is 1. The second kappa shape index (κ2) is 7.74. The highest BCUT2D eigenvalue weighted by atomic mass is 28.4. The molecule has 0 unspecified atom stereocenters.